The lowest BCUT2D eigenvalue weighted by Crippen LogP contribution is -2.40. The van der Waals surface area contributed by atoms with E-state index in [2.05, 4.69) is 15.3 Å². The topological polar surface area (TPSA) is 105 Å². The van der Waals surface area contributed by atoms with Crippen LogP contribution < -0.4 is 5.32 Å². The van der Waals surface area contributed by atoms with Gasteiger partial charge in [-0.15, -0.1) is 0 Å². The number of nitrogens with one attached hydrogen (secondary N) is 1. The highest BCUT2D eigenvalue weighted by atomic mass is 16.5. The summed E-state index contributed by atoms with van der Waals surface area (Å²) in [7, 11) is 1.63. The molecule has 130 valence electrons. The Balaban J connectivity index is 1.50. The van der Waals surface area contributed by atoms with Gasteiger partial charge >= 0.3 is 5.97 Å². The summed E-state index contributed by atoms with van der Waals surface area (Å²) >= 11 is 0. The molecule has 1 aliphatic carbocycles. The van der Waals surface area contributed by atoms with Crippen LogP contribution in [0.25, 0.3) is 0 Å². The van der Waals surface area contributed by atoms with Gasteiger partial charge in [-0.1, -0.05) is 0 Å². The van der Waals surface area contributed by atoms with Crippen molar-refractivity contribution in [1.82, 2.24) is 14.9 Å². The summed E-state index contributed by atoms with van der Waals surface area (Å²) in [5, 5.41) is 12.3. The number of likely N-dealkylation sites (N-methyl/N-ethyl adjacent to an activating group) is 1. The lowest BCUT2D eigenvalue weighted by atomic mass is 10.1. The maximum atomic E-state index is 12.2. The second-order valence-corrected chi connectivity index (χ2v) is 6.43. The third kappa shape index (κ3) is 3.33. The molecule has 0 unspecified atom stereocenters. The third-order valence-corrected chi connectivity index (χ3v) is 4.70. The number of anilines is 1. The van der Waals surface area contributed by atoms with Crippen LogP contribution in [0.15, 0.2) is 12.4 Å². The first-order valence-corrected chi connectivity index (χ1v) is 8.15. The molecule has 2 heterocycles. The summed E-state index contributed by atoms with van der Waals surface area (Å²) in [5.74, 6) is -0.329. The van der Waals surface area contributed by atoms with Crippen LogP contribution in [0.1, 0.15) is 30.9 Å². The zero-order valence-electron chi connectivity index (χ0n) is 13.7. The van der Waals surface area contributed by atoms with Crippen LogP contribution in [0.2, 0.25) is 0 Å². The summed E-state index contributed by atoms with van der Waals surface area (Å²) in [6.45, 7) is 2.36. The highest BCUT2D eigenvalue weighted by molar-refractivity contribution is 6.04. The van der Waals surface area contributed by atoms with E-state index in [0.717, 1.165) is 18.7 Å². The summed E-state index contributed by atoms with van der Waals surface area (Å²) in [5.41, 5.74) is -0.225. The zero-order chi connectivity index (χ0) is 17.2. The lowest BCUT2D eigenvalue weighted by Gasteiger charge is -2.21. The van der Waals surface area contributed by atoms with Crippen LogP contribution in [0, 0.1) is 5.41 Å². The molecule has 1 aliphatic heterocycles. The van der Waals surface area contributed by atoms with Crippen LogP contribution in [0.3, 0.4) is 0 Å². The maximum Gasteiger partial charge on any atom is 0.319 e. The Bertz CT molecular complexity index is 626. The lowest BCUT2D eigenvalue weighted by molar-refractivity contribution is -0.152. The van der Waals surface area contributed by atoms with Gasteiger partial charge in [-0.3, -0.25) is 9.59 Å². The Labute approximate surface area is 140 Å². The summed E-state index contributed by atoms with van der Waals surface area (Å²) in [4.78, 5) is 33.4. The minimum atomic E-state index is -1.18. The largest absolute Gasteiger partial charge is 0.480 e. The quantitative estimate of drug-likeness (QED) is 0.708. The molecule has 0 radical (unpaired) electrons. The molecule has 0 bridgehead atoms. The van der Waals surface area contributed by atoms with E-state index in [1.165, 1.54) is 11.2 Å². The number of aromatic nitrogens is 2. The SMILES string of the molecule is CN(CCNc1cc([C@@H]2CCOC2)ncn1)C(=O)C1(C(=O)O)CC1. The number of rotatable bonds is 7. The second kappa shape index (κ2) is 6.72. The molecule has 0 spiro atoms. The Morgan fingerprint density at radius 1 is 1.46 bits per heavy atom. The molecule has 2 aliphatic rings. The highest BCUT2D eigenvalue weighted by Crippen LogP contribution is 2.47. The number of carboxylic acids is 1. The van der Waals surface area contributed by atoms with E-state index in [4.69, 9.17) is 4.74 Å². The number of hydrogen-bond donors (Lipinski definition) is 2. The van der Waals surface area contributed by atoms with Crippen LogP contribution >= 0.6 is 0 Å². The second-order valence-electron chi connectivity index (χ2n) is 6.43. The molecular weight excluding hydrogens is 312 g/mol. The number of aliphatic carboxylic acids is 1. The van der Waals surface area contributed by atoms with Crippen molar-refractivity contribution in [2.75, 3.05) is 38.7 Å². The van der Waals surface area contributed by atoms with Crippen LogP contribution in [-0.4, -0.2) is 65.2 Å². The summed E-state index contributed by atoms with van der Waals surface area (Å²) in [6.07, 6.45) is 3.34. The van der Waals surface area contributed by atoms with Crippen molar-refractivity contribution in [3.05, 3.63) is 18.1 Å². The standard InChI is InChI=1S/C16H22N4O4/c1-20(14(21)16(3-4-16)15(22)23)6-5-17-13-8-12(18-10-19-13)11-2-7-24-9-11/h8,10-11H,2-7,9H2,1H3,(H,22,23)(H,17,18,19)/t11-/m1/s1. The average Bonchev–Trinajstić information content (AvgIpc) is 3.21. The van der Waals surface area contributed by atoms with Gasteiger partial charge < -0.3 is 20.1 Å². The minimum Gasteiger partial charge on any atom is -0.480 e. The fourth-order valence-electron chi connectivity index (χ4n) is 2.92. The Morgan fingerprint density at radius 3 is 2.88 bits per heavy atom. The molecule has 2 N–H and O–H groups in total. The van der Waals surface area contributed by atoms with Crippen molar-refractivity contribution in [3.63, 3.8) is 0 Å². The van der Waals surface area contributed by atoms with Crippen molar-refractivity contribution in [2.45, 2.75) is 25.2 Å². The number of carbonyl (C=O) groups excluding carboxylic acids is 1. The van der Waals surface area contributed by atoms with Crippen molar-refractivity contribution < 1.29 is 19.4 Å². The molecule has 2 fully saturated rings. The summed E-state index contributed by atoms with van der Waals surface area (Å²) in [6, 6.07) is 1.90. The molecule has 24 heavy (non-hydrogen) atoms. The highest BCUT2D eigenvalue weighted by Gasteiger charge is 2.58. The van der Waals surface area contributed by atoms with Gasteiger partial charge in [0.25, 0.3) is 0 Å². The number of carboxylic acid groups (broad SMARTS) is 1. The van der Waals surface area contributed by atoms with Gasteiger partial charge in [0.15, 0.2) is 0 Å². The van der Waals surface area contributed by atoms with Gasteiger partial charge in [-0.2, -0.15) is 0 Å². The number of hydrogen-bond acceptors (Lipinski definition) is 6. The van der Waals surface area contributed by atoms with Crippen molar-refractivity contribution in [3.8, 4) is 0 Å². The predicted octanol–water partition coefficient (Wildman–Crippen LogP) is 0.716. The number of amides is 1. The fraction of sp³-hybridized carbons (Fsp3) is 0.625. The Kier molecular flexibility index (Phi) is 4.66. The Morgan fingerprint density at radius 2 is 2.25 bits per heavy atom. The van der Waals surface area contributed by atoms with E-state index in [1.807, 2.05) is 6.07 Å². The fourth-order valence-corrected chi connectivity index (χ4v) is 2.92. The predicted molar refractivity (Wildman–Crippen MR) is 85.6 cm³/mol. The monoisotopic (exact) mass is 334 g/mol. The van der Waals surface area contributed by atoms with Gasteiger partial charge in [-0.05, 0) is 19.3 Å². The van der Waals surface area contributed by atoms with E-state index in [9.17, 15) is 14.7 Å². The van der Waals surface area contributed by atoms with E-state index in [1.54, 1.807) is 7.05 Å². The molecule has 1 saturated heterocycles. The maximum absolute atomic E-state index is 12.2. The zero-order valence-corrected chi connectivity index (χ0v) is 13.7. The van der Waals surface area contributed by atoms with Gasteiger partial charge in [0.1, 0.15) is 17.6 Å². The van der Waals surface area contributed by atoms with E-state index >= 15 is 0 Å². The van der Waals surface area contributed by atoms with Gasteiger partial charge in [0.2, 0.25) is 5.91 Å². The first kappa shape index (κ1) is 16.6. The van der Waals surface area contributed by atoms with Gasteiger partial charge in [-0.25, -0.2) is 9.97 Å². The van der Waals surface area contributed by atoms with Crippen molar-refractivity contribution >= 4 is 17.7 Å². The van der Waals surface area contributed by atoms with E-state index in [-0.39, 0.29) is 5.91 Å². The van der Waals surface area contributed by atoms with Gasteiger partial charge in [0, 0.05) is 38.7 Å². The molecule has 1 aromatic rings. The van der Waals surface area contributed by atoms with Crippen LogP contribution in [0.5, 0.6) is 0 Å². The number of ether oxygens (including phenoxy) is 1. The first-order valence-electron chi connectivity index (χ1n) is 8.15. The molecule has 1 amide bonds. The molecule has 8 nitrogen and oxygen atoms in total. The van der Waals surface area contributed by atoms with Gasteiger partial charge in [0.05, 0.1) is 12.3 Å². The third-order valence-electron chi connectivity index (χ3n) is 4.70. The molecular formula is C16H22N4O4. The van der Waals surface area contributed by atoms with Crippen LogP contribution in [-0.2, 0) is 14.3 Å². The number of carbonyl (C=O) groups is 2. The smallest absolute Gasteiger partial charge is 0.319 e. The average molecular weight is 334 g/mol. The van der Waals surface area contributed by atoms with E-state index < -0.39 is 11.4 Å². The molecule has 8 heteroatoms. The molecule has 1 aromatic heterocycles. The van der Waals surface area contributed by atoms with Crippen molar-refractivity contribution in [1.29, 1.82) is 0 Å². The normalized spacial score (nSPS) is 21.3. The molecule has 0 aromatic carbocycles. The Hall–Kier alpha value is -2.22. The van der Waals surface area contributed by atoms with Crippen molar-refractivity contribution in [2.24, 2.45) is 5.41 Å². The van der Waals surface area contributed by atoms with E-state index in [0.29, 0.717) is 44.3 Å². The molecule has 1 atom stereocenters. The first-order chi connectivity index (χ1) is 11.5. The summed E-state index contributed by atoms with van der Waals surface area (Å²) < 4.78 is 5.37. The number of nitrogens with zero attached hydrogens (tertiary/aromatic N) is 3. The molecule has 3 rings (SSSR count). The minimum absolute atomic E-state index is 0.308. The molecule has 1 saturated carbocycles. The van der Waals surface area contributed by atoms with Crippen LogP contribution in [0.4, 0.5) is 5.82 Å².